The number of hydroxylamine groups is 2. The maximum atomic E-state index is 11.6. The largest absolute Gasteiger partial charge is 0.344 e. The molecule has 98 valence electrons. The summed E-state index contributed by atoms with van der Waals surface area (Å²) in [5.74, 6) is 0. The van der Waals surface area contributed by atoms with Gasteiger partial charge in [-0.2, -0.15) is 5.06 Å². The molecule has 1 unspecified atom stereocenters. The van der Waals surface area contributed by atoms with Crippen molar-refractivity contribution < 1.29 is 9.63 Å². The van der Waals surface area contributed by atoms with E-state index in [2.05, 4.69) is 20.4 Å². The molecule has 2 rings (SSSR count). The van der Waals surface area contributed by atoms with Crippen LogP contribution >= 0.6 is 0 Å². The Labute approximate surface area is 104 Å². The summed E-state index contributed by atoms with van der Waals surface area (Å²) in [6.07, 6.45) is 6.44. The van der Waals surface area contributed by atoms with Gasteiger partial charge < -0.3 is 4.90 Å². The van der Waals surface area contributed by atoms with Crippen LogP contribution in [-0.2, 0) is 4.84 Å². The summed E-state index contributed by atoms with van der Waals surface area (Å²) in [7, 11) is 0. The number of hydrogen-bond donors (Lipinski definition) is 0. The lowest BCUT2D eigenvalue weighted by atomic mass is 10.1. The molecule has 17 heavy (non-hydrogen) atoms. The number of amides is 2. The van der Waals surface area contributed by atoms with Crippen molar-refractivity contribution in [3.05, 3.63) is 12.7 Å². The second-order valence-corrected chi connectivity index (χ2v) is 4.43. The minimum Gasteiger partial charge on any atom is -0.321 e. The normalized spacial score (nSPS) is 22.2. The van der Waals surface area contributed by atoms with E-state index in [0.29, 0.717) is 6.61 Å². The molecule has 1 atom stereocenters. The summed E-state index contributed by atoms with van der Waals surface area (Å²) in [6, 6.07) is 0.283. The van der Waals surface area contributed by atoms with Crippen LogP contribution in [0.3, 0.4) is 0 Å². The fourth-order valence-electron chi connectivity index (χ4n) is 1.91. The molecule has 2 aliphatic rings. The smallest absolute Gasteiger partial charge is 0.321 e. The first-order valence-electron chi connectivity index (χ1n) is 6.56. The van der Waals surface area contributed by atoms with Gasteiger partial charge in [-0.1, -0.05) is 32.8 Å². The quantitative estimate of drug-likeness (QED) is 0.708. The van der Waals surface area contributed by atoms with E-state index in [4.69, 9.17) is 4.84 Å². The summed E-state index contributed by atoms with van der Waals surface area (Å²) in [5.41, 5.74) is 0. The molecule has 2 fully saturated rings. The van der Waals surface area contributed by atoms with Crippen molar-refractivity contribution in [2.24, 2.45) is 0 Å². The summed E-state index contributed by atoms with van der Waals surface area (Å²) < 4.78 is 0. The Morgan fingerprint density at radius 3 is 2.71 bits per heavy atom. The van der Waals surface area contributed by atoms with Crippen LogP contribution in [0, 0.1) is 0 Å². The molecule has 0 aromatic rings. The highest BCUT2D eigenvalue weighted by Crippen LogP contribution is 2.25. The van der Waals surface area contributed by atoms with E-state index in [-0.39, 0.29) is 12.1 Å². The highest BCUT2D eigenvalue weighted by atomic mass is 16.7. The van der Waals surface area contributed by atoms with Crippen LogP contribution in [0.2, 0.25) is 0 Å². The summed E-state index contributed by atoms with van der Waals surface area (Å²) in [4.78, 5) is 18.7. The Morgan fingerprint density at radius 2 is 2.18 bits per heavy atom. The number of carbonyl (C=O) groups is 1. The molecule has 0 radical (unpaired) electrons. The van der Waals surface area contributed by atoms with Crippen LogP contribution < -0.4 is 0 Å². The van der Waals surface area contributed by atoms with Crippen molar-refractivity contribution in [2.75, 3.05) is 19.7 Å². The number of unbranched alkanes of at least 4 members (excludes halogenated alkanes) is 1. The van der Waals surface area contributed by atoms with Crippen LogP contribution in [-0.4, -0.2) is 41.7 Å². The predicted octanol–water partition coefficient (Wildman–Crippen LogP) is 2.81. The molecule has 0 N–H and O–H groups in total. The lowest BCUT2D eigenvalue weighted by molar-refractivity contribution is -0.118. The first-order chi connectivity index (χ1) is 8.24. The Hall–Kier alpha value is -1.03. The molecular weight excluding hydrogens is 216 g/mol. The van der Waals surface area contributed by atoms with Gasteiger partial charge in [-0.05, 0) is 12.8 Å². The van der Waals surface area contributed by atoms with E-state index >= 15 is 0 Å². The maximum absolute atomic E-state index is 11.6. The third kappa shape index (κ3) is 3.73. The molecule has 0 spiro atoms. The van der Waals surface area contributed by atoms with Gasteiger partial charge in [0.05, 0.1) is 12.6 Å². The Balaban J connectivity index is 0.000000317. The second kappa shape index (κ2) is 7.33. The number of nitrogens with zero attached hydrogens (tertiary/aromatic N) is 2. The molecule has 0 aliphatic carbocycles. The molecule has 4 heteroatoms. The third-order valence-corrected chi connectivity index (χ3v) is 3.02. The number of piperidine rings is 1. The van der Waals surface area contributed by atoms with Gasteiger partial charge >= 0.3 is 6.03 Å². The fourth-order valence-corrected chi connectivity index (χ4v) is 1.91. The van der Waals surface area contributed by atoms with E-state index in [1.165, 1.54) is 17.9 Å². The average Bonchev–Trinajstić information content (AvgIpc) is 2.59. The van der Waals surface area contributed by atoms with Crippen molar-refractivity contribution in [2.45, 2.75) is 45.6 Å². The monoisotopic (exact) mass is 240 g/mol. The number of rotatable bonds is 4. The third-order valence-electron chi connectivity index (χ3n) is 3.02. The van der Waals surface area contributed by atoms with Gasteiger partial charge in [0.1, 0.15) is 0 Å². The SMILES string of the molecule is C=CCON1C(=O)N2CCCC1C2.CCCC. The number of hydrogen-bond acceptors (Lipinski definition) is 2. The van der Waals surface area contributed by atoms with Crippen molar-refractivity contribution in [1.29, 1.82) is 0 Å². The van der Waals surface area contributed by atoms with E-state index in [1.807, 2.05) is 4.90 Å². The van der Waals surface area contributed by atoms with Gasteiger partial charge in [0.2, 0.25) is 0 Å². The molecule has 2 bridgehead atoms. The van der Waals surface area contributed by atoms with Crippen molar-refractivity contribution in [3.63, 3.8) is 0 Å². The van der Waals surface area contributed by atoms with E-state index in [0.717, 1.165) is 25.9 Å². The fraction of sp³-hybridized carbons (Fsp3) is 0.769. The van der Waals surface area contributed by atoms with Crippen LogP contribution in [0.5, 0.6) is 0 Å². The second-order valence-electron chi connectivity index (χ2n) is 4.43. The average molecular weight is 240 g/mol. The van der Waals surface area contributed by atoms with E-state index in [9.17, 15) is 4.79 Å². The molecular formula is C13H24N2O2. The minimum absolute atomic E-state index is 0.0179. The minimum atomic E-state index is 0.0179. The summed E-state index contributed by atoms with van der Waals surface area (Å²) in [6.45, 7) is 10.0. The molecule has 0 saturated carbocycles. The summed E-state index contributed by atoms with van der Waals surface area (Å²) in [5, 5.41) is 1.51. The van der Waals surface area contributed by atoms with Crippen molar-refractivity contribution in [3.8, 4) is 0 Å². The Morgan fingerprint density at radius 1 is 1.47 bits per heavy atom. The van der Waals surface area contributed by atoms with E-state index in [1.54, 1.807) is 6.08 Å². The number of carbonyl (C=O) groups excluding carboxylic acids is 1. The van der Waals surface area contributed by atoms with Crippen LogP contribution in [0.15, 0.2) is 12.7 Å². The standard InChI is InChI=1S/C9H14N2O2.C4H10/c1-2-6-13-11-8-4-3-5-10(7-8)9(11)12;1-3-4-2/h2,8H,1,3-7H2;3-4H2,1-2H3. The van der Waals surface area contributed by atoms with Crippen LogP contribution in [0.4, 0.5) is 4.79 Å². The zero-order chi connectivity index (χ0) is 12.7. The zero-order valence-corrected chi connectivity index (χ0v) is 11.0. The molecule has 2 saturated heterocycles. The molecule has 4 nitrogen and oxygen atoms in total. The topological polar surface area (TPSA) is 32.8 Å². The van der Waals surface area contributed by atoms with Crippen LogP contribution in [0.25, 0.3) is 0 Å². The molecule has 0 aromatic heterocycles. The highest BCUT2D eigenvalue weighted by Gasteiger charge is 2.40. The van der Waals surface area contributed by atoms with Crippen LogP contribution in [0.1, 0.15) is 39.5 Å². The first kappa shape index (κ1) is 14.0. The molecule has 2 aliphatic heterocycles. The lowest BCUT2D eigenvalue weighted by Gasteiger charge is -2.21. The number of fused-ring (bicyclic) bond motifs is 2. The van der Waals surface area contributed by atoms with E-state index < -0.39 is 0 Å². The molecule has 2 amide bonds. The van der Waals surface area contributed by atoms with Crippen molar-refractivity contribution >= 4 is 6.03 Å². The molecule has 2 heterocycles. The van der Waals surface area contributed by atoms with Gasteiger partial charge in [0.25, 0.3) is 0 Å². The maximum Gasteiger partial charge on any atom is 0.344 e. The van der Waals surface area contributed by atoms with Gasteiger partial charge in [-0.15, -0.1) is 6.58 Å². The van der Waals surface area contributed by atoms with Gasteiger partial charge in [-0.25, -0.2) is 4.79 Å². The number of urea groups is 1. The summed E-state index contributed by atoms with van der Waals surface area (Å²) >= 11 is 0. The Kier molecular flexibility index (Phi) is 6.05. The van der Waals surface area contributed by atoms with Crippen molar-refractivity contribution in [1.82, 2.24) is 9.96 Å². The highest BCUT2D eigenvalue weighted by molar-refractivity contribution is 5.76. The van der Waals surface area contributed by atoms with Gasteiger partial charge in [-0.3, -0.25) is 4.84 Å². The van der Waals surface area contributed by atoms with Gasteiger partial charge in [0, 0.05) is 13.1 Å². The predicted molar refractivity (Wildman–Crippen MR) is 68.6 cm³/mol. The zero-order valence-electron chi connectivity index (χ0n) is 11.0. The Bertz CT molecular complexity index is 254. The first-order valence-corrected chi connectivity index (χ1v) is 6.56. The molecule has 0 aromatic carbocycles. The lowest BCUT2D eigenvalue weighted by Crippen LogP contribution is -2.33. The van der Waals surface area contributed by atoms with Gasteiger partial charge in [0.15, 0.2) is 0 Å².